The smallest absolute Gasteiger partial charge is 0.264 e. The van der Waals surface area contributed by atoms with E-state index in [9.17, 15) is 22.3 Å². The highest BCUT2D eigenvalue weighted by Crippen LogP contribution is 2.30. The third kappa shape index (κ3) is 4.94. The van der Waals surface area contributed by atoms with Gasteiger partial charge in [0.25, 0.3) is 10.0 Å². The molecule has 190 valence electrons. The molecule has 3 aromatic heterocycles. The first kappa shape index (κ1) is 24.6. The topological polar surface area (TPSA) is 128 Å². The van der Waals surface area contributed by atoms with Crippen LogP contribution < -0.4 is 9.46 Å². The minimum atomic E-state index is -4.44. The maximum Gasteiger partial charge on any atom is 0.264 e. The molecule has 1 aliphatic heterocycles. The normalized spacial score (nSPS) is 17.4. The molecule has 4 aromatic rings. The fraction of sp³-hybridized carbons (Fsp3) is 0.208. The molecule has 0 radical (unpaired) electrons. The number of anilines is 1. The monoisotopic (exact) mass is 527 g/mol. The van der Waals surface area contributed by atoms with Gasteiger partial charge in [0.2, 0.25) is 5.88 Å². The van der Waals surface area contributed by atoms with Gasteiger partial charge in [0.05, 0.1) is 37.8 Å². The zero-order valence-corrected chi connectivity index (χ0v) is 20.1. The molecule has 1 aromatic carbocycles. The molecule has 1 atom stereocenters. The van der Waals surface area contributed by atoms with Gasteiger partial charge in [0.1, 0.15) is 22.2 Å². The Kier molecular flexibility index (Phi) is 6.24. The second-order valence-corrected chi connectivity index (χ2v) is 9.84. The number of rotatable bonds is 5. The summed E-state index contributed by atoms with van der Waals surface area (Å²) in [5.41, 5.74) is 0.366. The van der Waals surface area contributed by atoms with Gasteiger partial charge in [-0.15, -0.1) is 0 Å². The Balaban J connectivity index is 1.51. The fourth-order valence-corrected chi connectivity index (χ4v) is 4.78. The van der Waals surface area contributed by atoms with Gasteiger partial charge in [-0.1, -0.05) is 11.8 Å². The van der Waals surface area contributed by atoms with E-state index >= 15 is 0 Å². The quantitative estimate of drug-likeness (QED) is 0.379. The van der Waals surface area contributed by atoms with Crippen molar-refractivity contribution in [2.45, 2.75) is 16.9 Å². The number of aromatic nitrogens is 4. The van der Waals surface area contributed by atoms with Crippen LogP contribution in [0.25, 0.3) is 16.9 Å². The molecule has 0 spiro atoms. The van der Waals surface area contributed by atoms with Gasteiger partial charge in [-0.25, -0.2) is 31.7 Å². The van der Waals surface area contributed by atoms with Crippen LogP contribution in [0.5, 0.6) is 5.88 Å². The van der Waals surface area contributed by atoms with Crippen molar-refractivity contribution in [3.63, 3.8) is 0 Å². The number of halogens is 2. The SMILES string of the molecule is COc1ncc(-c2ccn3ncc(C#CC4(O)CCOC4)c3n2)cc1NS(=O)(=O)c1ccc(F)cc1F. The summed E-state index contributed by atoms with van der Waals surface area (Å²) in [4.78, 5) is 7.97. The number of nitrogens with one attached hydrogen (secondary N) is 1. The molecule has 13 heteroatoms. The number of sulfonamides is 1. The first-order valence-corrected chi connectivity index (χ1v) is 12.4. The minimum Gasteiger partial charge on any atom is -0.480 e. The fourth-order valence-electron chi connectivity index (χ4n) is 3.68. The van der Waals surface area contributed by atoms with Crippen molar-refractivity contribution in [1.29, 1.82) is 0 Å². The van der Waals surface area contributed by atoms with Gasteiger partial charge in [-0.3, -0.25) is 4.72 Å². The van der Waals surface area contributed by atoms with Gasteiger partial charge in [-0.05, 0) is 24.3 Å². The largest absolute Gasteiger partial charge is 0.480 e. The maximum atomic E-state index is 14.2. The van der Waals surface area contributed by atoms with E-state index in [-0.39, 0.29) is 18.2 Å². The van der Waals surface area contributed by atoms with Crippen molar-refractivity contribution in [3.05, 3.63) is 66.1 Å². The highest BCUT2D eigenvalue weighted by atomic mass is 32.2. The number of pyridine rings is 1. The van der Waals surface area contributed by atoms with Gasteiger partial charge in [-0.2, -0.15) is 5.10 Å². The molecule has 1 fully saturated rings. The van der Waals surface area contributed by atoms with Crippen molar-refractivity contribution in [2.75, 3.05) is 25.0 Å². The van der Waals surface area contributed by atoms with Crippen molar-refractivity contribution in [2.24, 2.45) is 0 Å². The van der Waals surface area contributed by atoms with E-state index in [1.807, 2.05) is 0 Å². The molecular formula is C24H19F2N5O5S. The Morgan fingerprint density at radius 2 is 2.08 bits per heavy atom. The number of hydrogen-bond donors (Lipinski definition) is 2. The van der Waals surface area contributed by atoms with Crippen LogP contribution in [0.1, 0.15) is 12.0 Å². The lowest BCUT2D eigenvalue weighted by molar-refractivity contribution is 0.0765. The van der Waals surface area contributed by atoms with Crippen LogP contribution in [-0.2, 0) is 14.8 Å². The second-order valence-electron chi connectivity index (χ2n) is 8.18. The molecular weight excluding hydrogens is 508 g/mol. The van der Waals surface area contributed by atoms with E-state index in [0.29, 0.717) is 41.6 Å². The average Bonchev–Trinajstić information content (AvgIpc) is 3.48. The van der Waals surface area contributed by atoms with E-state index in [0.717, 1.165) is 12.1 Å². The van der Waals surface area contributed by atoms with Crippen molar-refractivity contribution in [3.8, 4) is 29.0 Å². The summed E-state index contributed by atoms with van der Waals surface area (Å²) in [6.07, 6.45) is 4.98. The third-order valence-corrected chi connectivity index (χ3v) is 6.97. The molecule has 1 aliphatic rings. The summed E-state index contributed by atoms with van der Waals surface area (Å²) in [6, 6.07) is 5.20. The zero-order chi connectivity index (χ0) is 26.2. The number of ether oxygens (including phenoxy) is 2. The van der Waals surface area contributed by atoms with Gasteiger partial charge in [0, 0.05) is 30.4 Å². The van der Waals surface area contributed by atoms with Crippen molar-refractivity contribution < 1.29 is 31.8 Å². The Morgan fingerprint density at radius 3 is 2.81 bits per heavy atom. The van der Waals surface area contributed by atoms with Gasteiger partial charge in [0.15, 0.2) is 11.2 Å². The predicted molar refractivity (Wildman–Crippen MR) is 127 cm³/mol. The van der Waals surface area contributed by atoms with Gasteiger partial charge >= 0.3 is 0 Å². The molecule has 1 unspecified atom stereocenters. The Hall–Kier alpha value is -4.12. The molecule has 4 heterocycles. The lowest BCUT2D eigenvalue weighted by atomic mass is 10.0. The van der Waals surface area contributed by atoms with E-state index in [2.05, 4.69) is 31.6 Å². The number of nitrogens with zero attached hydrogens (tertiary/aromatic N) is 4. The highest BCUT2D eigenvalue weighted by molar-refractivity contribution is 7.92. The standard InChI is InChI=1S/C24H19F2N5O5S/c1-35-23-20(30-37(33,34)21-3-2-17(25)11-18(21)26)10-16(12-27-23)19-5-8-31-22(29-19)15(13-28-31)4-6-24(32)7-9-36-14-24/h2-3,5,8,10-13,30,32H,7,9,14H2,1H3. The number of methoxy groups -OCH3 is 1. The predicted octanol–water partition coefficient (Wildman–Crippen LogP) is 2.38. The lowest BCUT2D eigenvalue weighted by Gasteiger charge is -2.13. The first-order chi connectivity index (χ1) is 17.7. The molecule has 5 rings (SSSR count). The summed E-state index contributed by atoms with van der Waals surface area (Å²) in [6.45, 7) is 0.544. The summed E-state index contributed by atoms with van der Waals surface area (Å²) in [5.74, 6) is 3.49. The second kappa shape index (κ2) is 9.40. The van der Waals surface area contributed by atoms with E-state index in [4.69, 9.17) is 9.47 Å². The van der Waals surface area contributed by atoms with Crippen LogP contribution >= 0.6 is 0 Å². The molecule has 0 saturated carbocycles. The molecule has 2 N–H and O–H groups in total. The Bertz CT molecular complexity index is 1670. The van der Waals surface area contributed by atoms with Crippen LogP contribution in [0.2, 0.25) is 0 Å². The molecule has 0 bridgehead atoms. The summed E-state index contributed by atoms with van der Waals surface area (Å²) >= 11 is 0. The van der Waals surface area contributed by atoms with Crippen LogP contribution in [-0.4, -0.2) is 59.0 Å². The minimum absolute atomic E-state index is 0.0705. The molecule has 37 heavy (non-hydrogen) atoms. The molecule has 0 aliphatic carbocycles. The maximum absolute atomic E-state index is 14.2. The molecule has 10 nitrogen and oxygen atoms in total. The number of aliphatic hydroxyl groups is 1. The summed E-state index contributed by atoms with van der Waals surface area (Å²) < 4.78 is 67.1. The van der Waals surface area contributed by atoms with Crippen molar-refractivity contribution in [1.82, 2.24) is 19.6 Å². The highest BCUT2D eigenvalue weighted by Gasteiger charge is 2.30. The van der Waals surface area contributed by atoms with Crippen LogP contribution in [0.4, 0.5) is 14.5 Å². The number of hydrogen-bond acceptors (Lipinski definition) is 8. The first-order valence-electron chi connectivity index (χ1n) is 10.9. The average molecular weight is 528 g/mol. The van der Waals surface area contributed by atoms with Crippen LogP contribution in [0.3, 0.4) is 0 Å². The Labute approximate surface area is 210 Å². The number of benzene rings is 1. The van der Waals surface area contributed by atoms with E-state index < -0.39 is 32.2 Å². The summed E-state index contributed by atoms with van der Waals surface area (Å²) in [5, 5.41) is 14.6. The molecule has 0 amide bonds. The summed E-state index contributed by atoms with van der Waals surface area (Å²) in [7, 11) is -3.15. The number of fused-ring (bicyclic) bond motifs is 1. The van der Waals surface area contributed by atoms with Crippen LogP contribution in [0, 0.1) is 23.5 Å². The Morgan fingerprint density at radius 1 is 1.24 bits per heavy atom. The van der Waals surface area contributed by atoms with Gasteiger partial charge < -0.3 is 14.6 Å². The third-order valence-electron chi connectivity index (χ3n) is 5.57. The zero-order valence-electron chi connectivity index (χ0n) is 19.3. The van der Waals surface area contributed by atoms with E-state index in [1.165, 1.54) is 30.1 Å². The van der Waals surface area contributed by atoms with E-state index in [1.54, 1.807) is 12.3 Å². The molecule has 1 saturated heterocycles. The van der Waals surface area contributed by atoms with Crippen LogP contribution in [0.15, 0.2) is 53.8 Å². The van der Waals surface area contributed by atoms with Crippen molar-refractivity contribution >= 4 is 21.4 Å². The lowest BCUT2D eigenvalue weighted by Crippen LogP contribution is -2.26.